The van der Waals surface area contributed by atoms with Crippen molar-refractivity contribution in [2.24, 2.45) is 0 Å². The Bertz CT molecular complexity index is 532. The molecule has 0 saturated carbocycles. The van der Waals surface area contributed by atoms with Crippen LogP contribution < -0.4 is 5.32 Å². The molecule has 5 nitrogen and oxygen atoms in total. The number of carboxylic acid groups (broad SMARTS) is 1. The van der Waals surface area contributed by atoms with Crippen LogP contribution in [0.25, 0.3) is 6.08 Å². The van der Waals surface area contributed by atoms with Gasteiger partial charge in [-0.05, 0) is 43.8 Å². The summed E-state index contributed by atoms with van der Waals surface area (Å²) < 4.78 is 2.18. The molecular weight excluding hydrogens is 300 g/mol. The first-order chi connectivity index (χ1) is 10.5. The molecule has 1 amide bonds. The van der Waals surface area contributed by atoms with Crippen LogP contribution in [-0.2, 0) is 4.79 Å². The molecule has 0 atom stereocenters. The molecule has 0 aliphatic carbocycles. The molecule has 0 radical (unpaired) electrons. The summed E-state index contributed by atoms with van der Waals surface area (Å²) in [5, 5.41) is 10.9. The largest absolute Gasteiger partial charge is 0.480 e. The summed E-state index contributed by atoms with van der Waals surface area (Å²) in [5.74, 6) is -1.43. The van der Waals surface area contributed by atoms with Gasteiger partial charge in [-0.2, -0.15) is 0 Å². The van der Waals surface area contributed by atoms with Crippen molar-refractivity contribution in [2.75, 3.05) is 26.4 Å². The number of nitrogens with one attached hydrogen (secondary N) is 1. The molecule has 1 rings (SSSR count). The number of nitrogens with zero attached hydrogens (tertiary/aromatic N) is 1. The van der Waals surface area contributed by atoms with Crippen molar-refractivity contribution in [3.63, 3.8) is 0 Å². The van der Waals surface area contributed by atoms with Crippen LogP contribution in [0.5, 0.6) is 0 Å². The van der Waals surface area contributed by atoms with Crippen LogP contribution in [0.1, 0.15) is 28.8 Å². The zero-order chi connectivity index (χ0) is 16.4. The zero-order valence-electron chi connectivity index (χ0n) is 12.9. The van der Waals surface area contributed by atoms with E-state index in [2.05, 4.69) is 29.0 Å². The van der Waals surface area contributed by atoms with Gasteiger partial charge in [0.25, 0.3) is 5.91 Å². The molecular formula is C16H22N2O3S. The van der Waals surface area contributed by atoms with Crippen molar-refractivity contribution in [3.8, 4) is 0 Å². The molecule has 2 N–H and O–H groups in total. The van der Waals surface area contributed by atoms with Gasteiger partial charge in [-0.1, -0.05) is 36.2 Å². The monoisotopic (exact) mass is 322 g/mol. The lowest BCUT2D eigenvalue weighted by atomic mass is 10.1. The third-order valence-corrected chi connectivity index (χ3v) is 3.82. The Morgan fingerprint density at radius 2 is 2.18 bits per heavy atom. The van der Waals surface area contributed by atoms with Gasteiger partial charge >= 0.3 is 5.97 Å². The molecule has 1 aromatic rings. The second kappa shape index (κ2) is 10.0. The van der Waals surface area contributed by atoms with Crippen molar-refractivity contribution in [2.45, 2.75) is 12.8 Å². The lowest BCUT2D eigenvalue weighted by molar-refractivity contribution is -0.135. The Balaban J connectivity index is 2.49. The highest BCUT2D eigenvalue weighted by atomic mass is 32.2. The molecule has 0 spiro atoms. The van der Waals surface area contributed by atoms with Crippen LogP contribution in [0, 0.1) is 0 Å². The number of carboxylic acids is 1. The SMILES string of the molecule is CSN(C)CCC/C=C\c1cccc(C(=O)NCC(=O)O)c1. The van der Waals surface area contributed by atoms with Crippen molar-refractivity contribution in [1.29, 1.82) is 0 Å². The molecule has 0 bridgehead atoms. The Labute approximate surface area is 135 Å². The lowest BCUT2D eigenvalue weighted by Crippen LogP contribution is -2.29. The zero-order valence-corrected chi connectivity index (χ0v) is 13.7. The minimum Gasteiger partial charge on any atom is -0.480 e. The van der Waals surface area contributed by atoms with Crippen LogP contribution in [0.4, 0.5) is 0 Å². The van der Waals surface area contributed by atoms with Gasteiger partial charge < -0.3 is 10.4 Å². The highest BCUT2D eigenvalue weighted by Crippen LogP contribution is 2.09. The van der Waals surface area contributed by atoms with E-state index in [1.165, 1.54) is 0 Å². The lowest BCUT2D eigenvalue weighted by Gasteiger charge is -2.10. The predicted octanol–water partition coefficient (Wildman–Crippen LogP) is 2.50. The number of carbonyl (C=O) groups is 2. The number of allylic oxidation sites excluding steroid dienone is 1. The van der Waals surface area contributed by atoms with Crippen LogP contribution in [0.15, 0.2) is 30.3 Å². The second-order valence-electron chi connectivity index (χ2n) is 4.78. The number of hydrogen-bond donors (Lipinski definition) is 2. The molecule has 0 saturated heterocycles. The maximum Gasteiger partial charge on any atom is 0.322 e. The van der Waals surface area contributed by atoms with E-state index in [0.29, 0.717) is 5.56 Å². The van der Waals surface area contributed by atoms with E-state index >= 15 is 0 Å². The van der Waals surface area contributed by atoms with Gasteiger partial charge in [0, 0.05) is 12.1 Å². The first-order valence-corrected chi connectivity index (χ1v) is 8.23. The van der Waals surface area contributed by atoms with Crippen molar-refractivity contribution < 1.29 is 14.7 Å². The summed E-state index contributed by atoms with van der Waals surface area (Å²) in [4.78, 5) is 22.2. The number of amides is 1. The van der Waals surface area contributed by atoms with E-state index in [0.717, 1.165) is 24.9 Å². The molecule has 0 aliphatic heterocycles. The van der Waals surface area contributed by atoms with E-state index < -0.39 is 5.97 Å². The summed E-state index contributed by atoms with van der Waals surface area (Å²) in [6, 6.07) is 7.12. The second-order valence-corrected chi connectivity index (χ2v) is 5.77. The molecule has 0 fully saturated rings. The Hall–Kier alpha value is -1.79. The van der Waals surface area contributed by atoms with Gasteiger partial charge in [-0.25, -0.2) is 0 Å². The van der Waals surface area contributed by atoms with Crippen LogP contribution in [0.2, 0.25) is 0 Å². The molecule has 0 aliphatic rings. The van der Waals surface area contributed by atoms with Gasteiger partial charge in [0.2, 0.25) is 0 Å². The summed E-state index contributed by atoms with van der Waals surface area (Å²) in [7, 11) is 2.06. The molecule has 0 unspecified atom stereocenters. The summed E-state index contributed by atoms with van der Waals surface area (Å²) in [6.07, 6.45) is 8.17. The van der Waals surface area contributed by atoms with E-state index in [1.807, 2.05) is 12.1 Å². The van der Waals surface area contributed by atoms with Crippen molar-refractivity contribution in [3.05, 3.63) is 41.5 Å². The Morgan fingerprint density at radius 1 is 1.41 bits per heavy atom. The van der Waals surface area contributed by atoms with Gasteiger partial charge in [0.05, 0.1) is 0 Å². The fourth-order valence-corrected chi connectivity index (χ4v) is 2.10. The normalized spacial score (nSPS) is 11.0. The number of rotatable bonds is 9. The predicted molar refractivity (Wildman–Crippen MR) is 90.8 cm³/mol. The molecule has 0 aromatic heterocycles. The summed E-state index contributed by atoms with van der Waals surface area (Å²) in [6.45, 7) is 0.658. The molecule has 6 heteroatoms. The third kappa shape index (κ3) is 7.28. The van der Waals surface area contributed by atoms with Crippen LogP contribution >= 0.6 is 11.9 Å². The summed E-state index contributed by atoms with van der Waals surface area (Å²) >= 11 is 1.71. The molecule has 120 valence electrons. The Kier molecular flexibility index (Phi) is 8.32. The first kappa shape index (κ1) is 18.3. The van der Waals surface area contributed by atoms with E-state index in [9.17, 15) is 9.59 Å². The van der Waals surface area contributed by atoms with Gasteiger partial charge in [-0.15, -0.1) is 0 Å². The number of benzene rings is 1. The topological polar surface area (TPSA) is 69.6 Å². The van der Waals surface area contributed by atoms with E-state index in [1.54, 1.807) is 30.1 Å². The fourth-order valence-electron chi connectivity index (χ4n) is 1.78. The Morgan fingerprint density at radius 3 is 2.86 bits per heavy atom. The first-order valence-electron chi connectivity index (χ1n) is 7.04. The molecule has 22 heavy (non-hydrogen) atoms. The molecule has 1 aromatic carbocycles. The quantitative estimate of drug-likeness (QED) is 0.540. The summed E-state index contributed by atoms with van der Waals surface area (Å²) in [5.41, 5.74) is 1.40. The number of unbranched alkanes of at least 4 members (excludes halogenated alkanes) is 1. The smallest absolute Gasteiger partial charge is 0.322 e. The van der Waals surface area contributed by atoms with Crippen molar-refractivity contribution >= 4 is 29.9 Å². The average Bonchev–Trinajstić information content (AvgIpc) is 2.52. The van der Waals surface area contributed by atoms with Gasteiger partial charge in [0.1, 0.15) is 6.54 Å². The maximum absolute atomic E-state index is 11.8. The minimum atomic E-state index is -1.06. The van der Waals surface area contributed by atoms with Crippen LogP contribution in [-0.4, -0.2) is 47.7 Å². The standard InChI is InChI=1S/C16H22N2O3S/c1-18(22-2)10-5-3-4-7-13-8-6-9-14(11-13)16(21)17-12-15(19)20/h4,6-9,11H,3,5,10,12H2,1-2H3,(H,17,21)(H,19,20)/b7-4-. The van der Waals surface area contributed by atoms with Crippen molar-refractivity contribution in [1.82, 2.24) is 9.62 Å². The minimum absolute atomic E-state index is 0.373. The van der Waals surface area contributed by atoms with Gasteiger partial charge in [0.15, 0.2) is 0 Å². The highest BCUT2D eigenvalue weighted by molar-refractivity contribution is 7.96. The van der Waals surface area contributed by atoms with Crippen LogP contribution in [0.3, 0.4) is 0 Å². The van der Waals surface area contributed by atoms with E-state index in [4.69, 9.17) is 5.11 Å². The third-order valence-electron chi connectivity index (χ3n) is 3.01. The van der Waals surface area contributed by atoms with Gasteiger partial charge in [-0.3, -0.25) is 13.9 Å². The number of carbonyl (C=O) groups excluding carboxylic acids is 1. The number of hydrogen-bond acceptors (Lipinski definition) is 4. The van der Waals surface area contributed by atoms with E-state index in [-0.39, 0.29) is 12.5 Å². The average molecular weight is 322 g/mol. The highest BCUT2D eigenvalue weighted by Gasteiger charge is 2.06. The maximum atomic E-state index is 11.8. The fraction of sp³-hybridized carbons (Fsp3) is 0.375. The number of aliphatic carboxylic acids is 1. The molecule has 0 heterocycles.